The summed E-state index contributed by atoms with van der Waals surface area (Å²) < 4.78 is 5.89. The predicted octanol–water partition coefficient (Wildman–Crippen LogP) is 3.26. The van der Waals surface area contributed by atoms with E-state index >= 15 is 0 Å². The summed E-state index contributed by atoms with van der Waals surface area (Å²) >= 11 is 0. The quantitative estimate of drug-likeness (QED) is 0.443. The van der Waals surface area contributed by atoms with Crippen LogP contribution < -0.4 is 0 Å². The molecule has 0 aromatic carbocycles. The number of fused-ring (bicyclic) bond motifs is 5. The van der Waals surface area contributed by atoms with Crippen LogP contribution in [0.15, 0.2) is 4.99 Å². The second-order valence-electron chi connectivity index (χ2n) is 9.24. The second-order valence-corrected chi connectivity index (χ2v) is 9.24. The van der Waals surface area contributed by atoms with E-state index in [-0.39, 0.29) is 46.2 Å². The van der Waals surface area contributed by atoms with Crippen molar-refractivity contribution in [1.82, 2.24) is 0 Å². The molecule has 6 heteroatoms. The molecule has 1 aliphatic heterocycles. The Hall–Kier alpha value is -1.46. The molecule has 4 aliphatic rings. The molecule has 6 nitrogen and oxygen atoms in total. The molecule has 138 valence electrons. The molecule has 0 spiro atoms. The fraction of sp³-hybridized carbons (Fsp3) is 0.895. The highest BCUT2D eigenvalue weighted by Gasteiger charge is 2.67. The van der Waals surface area contributed by atoms with Gasteiger partial charge in [0.15, 0.2) is 6.04 Å². The minimum absolute atomic E-state index is 0.0532. The third-order valence-corrected chi connectivity index (χ3v) is 8.04. The van der Waals surface area contributed by atoms with Crippen molar-refractivity contribution in [2.45, 2.75) is 71.4 Å². The van der Waals surface area contributed by atoms with Crippen molar-refractivity contribution in [3.8, 4) is 0 Å². The molecule has 0 unspecified atom stereocenters. The Labute approximate surface area is 148 Å². The molecule has 0 amide bonds. The first-order valence-electron chi connectivity index (χ1n) is 9.66. The Bertz CT molecular complexity index is 637. The first-order valence-corrected chi connectivity index (χ1v) is 9.66. The van der Waals surface area contributed by atoms with Gasteiger partial charge in [-0.25, -0.2) is 4.79 Å². The highest BCUT2D eigenvalue weighted by Crippen LogP contribution is 2.65. The maximum atomic E-state index is 12.8. The van der Waals surface area contributed by atoms with Gasteiger partial charge in [-0.2, -0.15) is 0 Å². The van der Waals surface area contributed by atoms with Gasteiger partial charge in [0.2, 0.25) is 6.54 Å². The first-order chi connectivity index (χ1) is 11.8. The normalized spacial score (nSPS) is 40.5. The summed E-state index contributed by atoms with van der Waals surface area (Å²) in [7, 11) is 0. The van der Waals surface area contributed by atoms with Gasteiger partial charge in [0.05, 0.1) is 11.6 Å². The average Bonchev–Trinajstić information content (AvgIpc) is 3.17. The zero-order chi connectivity index (χ0) is 18.0. The van der Waals surface area contributed by atoms with Gasteiger partial charge in [-0.1, -0.05) is 33.6 Å². The van der Waals surface area contributed by atoms with E-state index in [2.05, 4.69) is 20.8 Å². The lowest BCUT2D eigenvalue weighted by Crippen LogP contribution is -2.49. The van der Waals surface area contributed by atoms with E-state index in [4.69, 9.17) is 9.73 Å². The molecular weight excluding hydrogens is 320 g/mol. The number of hydrogen-bond acceptors (Lipinski definition) is 5. The second kappa shape index (κ2) is 5.52. The van der Waals surface area contributed by atoms with Gasteiger partial charge < -0.3 is 4.74 Å². The standard InChI is InChI=1S/C19H28N2O4/c1-18(2)13-8-9-19(18,3)16-15(13)25-17(22)14(20-16)12(10-21(23)24)11-6-4-5-7-11/h11-15H,4-10H2,1-3H3/t12-,13+,14-,15+,19-/m0/s1. The number of nitro groups is 1. The van der Waals surface area contributed by atoms with Gasteiger partial charge >= 0.3 is 5.97 Å². The summed E-state index contributed by atoms with van der Waals surface area (Å²) in [5.74, 6) is -0.131. The Morgan fingerprint density at radius 2 is 1.96 bits per heavy atom. The minimum Gasteiger partial charge on any atom is -0.454 e. The Balaban J connectivity index is 1.70. The summed E-state index contributed by atoms with van der Waals surface area (Å²) in [6.45, 7) is 6.55. The topological polar surface area (TPSA) is 81.8 Å². The van der Waals surface area contributed by atoms with Crippen molar-refractivity contribution in [2.24, 2.45) is 33.6 Å². The van der Waals surface area contributed by atoms with Crippen LogP contribution in [-0.4, -0.2) is 35.3 Å². The lowest BCUT2D eigenvalue weighted by atomic mass is 9.70. The number of hydrogen-bond donors (Lipinski definition) is 0. The molecule has 3 saturated carbocycles. The average molecular weight is 348 g/mol. The molecule has 0 aromatic heterocycles. The number of carbonyl (C=O) groups is 1. The molecular formula is C19H28N2O4. The van der Waals surface area contributed by atoms with Crippen LogP contribution in [-0.2, 0) is 9.53 Å². The van der Waals surface area contributed by atoms with Crippen molar-refractivity contribution in [1.29, 1.82) is 0 Å². The lowest BCUT2D eigenvalue weighted by Gasteiger charge is -2.37. The van der Waals surface area contributed by atoms with E-state index in [1.807, 2.05) is 0 Å². The third kappa shape index (κ3) is 2.28. The van der Waals surface area contributed by atoms with Gasteiger partial charge in [0.25, 0.3) is 0 Å². The van der Waals surface area contributed by atoms with E-state index in [0.717, 1.165) is 44.2 Å². The molecule has 3 aliphatic carbocycles. The third-order valence-electron chi connectivity index (χ3n) is 8.04. The van der Waals surface area contributed by atoms with E-state index in [1.165, 1.54) is 0 Å². The number of carbonyl (C=O) groups excluding carboxylic acids is 1. The predicted molar refractivity (Wildman–Crippen MR) is 93.0 cm³/mol. The zero-order valence-electron chi connectivity index (χ0n) is 15.4. The van der Waals surface area contributed by atoms with Crippen LogP contribution >= 0.6 is 0 Å². The minimum atomic E-state index is -0.688. The monoisotopic (exact) mass is 348 g/mol. The summed E-state index contributed by atoms with van der Waals surface area (Å²) in [6.07, 6.45) is 6.01. The van der Waals surface area contributed by atoms with Crippen molar-refractivity contribution in [3.05, 3.63) is 10.1 Å². The Kier molecular flexibility index (Phi) is 3.75. The molecule has 0 radical (unpaired) electrons. The zero-order valence-corrected chi connectivity index (χ0v) is 15.4. The van der Waals surface area contributed by atoms with E-state index in [1.54, 1.807) is 0 Å². The van der Waals surface area contributed by atoms with Gasteiger partial charge in [0.1, 0.15) is 6.10 Å². The van der Waals surface area contributed by atoms with Crippen LogP contribution in [0.3, 0.4) is 0 Å². The van der Waals surface area contributed by atoms with Crippen molar-refractivity contribution < 1.29 is 14.5 Å². The molecule has 5 atom stereocenters. The SMILES string of the molecule is CC1(C)[C@@H]2CC[C@@]1(C)C1=N[C@@H]([C@@H](C[N+](=O)[O-])C3CCCC3)C(=O)O[C@@H]12. The van der Waals surface area contributed by atoms with Gasteiger partial charge in [0, 0.05) is 16.3 Å². The molecule has 1 heterocycles. The van der Waals surface area contributed by atoms with Crippen molar-refractivity contribution in [2.75, 3.05) is 6.54 Å². The molecule has 3 fully saturated rings. The largest absolute Gasteiger partial charge is 0.454 e. The van der Waals surface area contributed by atoms with Gasteiger partial charge in [-0.3, -0.25) is 15.1 Å². The summed E-state index contributed by atoms with van der Waals surface area (Å²) in [6, 6.07) is -0.688. The lowest BCUT2D eigenvalue weighted by molar-refractivity contribution is -0.490. The highest BCUT2D eigenvalue weighted by molar-refractivity contribution is 6.03. The number of aliphatic imine (C=N–C) groups is 1. The molecule has 4 rings (SSSR count). The van der Waals surface area contributed by atoms with Crippen LogP contribution in [0.1, 0.15) is 59.3 Å². The highest BCUT2D eigenvalue weighted by atomic mass is 16.6. The van der Waals surface area contributed by atoms with Gasteiger partial charge in [-0.05, 0) is 37.0 Å². The molecule has 0 N–H and O–H groups in total. The van der Waals surface area contributed by atoms with E-state index in [9.17, 15) is 14.9 Å². The van der Waals surface area contributed by atoms with Crippen molar-refractivity contribution >= 4 is 11.7 Å². The van der Waals surface area contributed by atoms with Crippen LogP contribution in [0.4, 0.5) is 0 Å². The van der Waals surface area contributed by atoms with Gasteiger partial charge in [-0.15, -0.1) is 0 Å². The number of nitrogens with zero attached hydrogens (tertiary/aromatic N) is 2. The Morgan fingerprint density at radius 3 is 2.60 bits per heavy atom. The number of esters is 1. The van der Waals surface area contributed by atoms with E-state index < -0.39 is 6.04 Å². The van der Waals surface area contributed by atoms with Crippen LogP contribution in [0.5, 0.6) is 0 Å². The maximum Gasteiger partial charge on any atom is 0.332 e. The summed E-state index contributed by atoms with van der Waals surface area (Å²) in [5.41, 5.74) is 0.998. The van der Waals surface area contributed by atoms with E-state index in [0.29, 0.717) is 5.92 Å². The number of ether oxygens (including phenoxy) is 1. The first kappa shape index (κ1) is 17.0. The van der Waals surface area contributed by atoms with Crippen molar-refractivity contribution in [3.63, 3.8) is 0 Å². The smallest absolute Gasteiger partial charge is 0.332 e. The van der Waals surface area contributed by atoms with Crippen LogP contribution in [0.25, 0.3) is 0 Å². The molecule has 0 aromatic rings. The Morgan fingerprint density at radius 1 is 1.28 bits per heavy atom. The fourth-order valence-electron chi connectivity index (χ4n) is 6.12. The maximum absolute atomic E-state index is 12.8. The summed E-state index contributed by atoms with van der Waals surface area (Å²) in [4.78, 5) is 28.6. The number of rotatable bonds is 4. The molecule has 25 heavy (non-hydrogen) atoms. The van der Waals surface area contributed by atoms with Crippen LogP contribution in [0, 0.1) is 38.7 Å². The molecule has 0 saturated heterocycles. The fourth-order valence-corrected chi connectivity index (χ4v) is 6.12. The molecule has 2 bridgehead atoms. The summed E-state index contributed by atoms with van der Waals surface area (Å²) in [5, 5.41) is 11.2. The van der Waals surface area contributed by atoms with Crippen LogP contribution in [0.2, 0.25) is 0 Å².